The van der Waals surface area contributed by atoms with Gasteiger partial charge in [-0.3, -0.25) is 10.1 Å². The smallest absolute Gasteiger partial charge is 0.336 e. The Bertz CT molecular complexity index is 801. The van der Waals surface area contributed by atoms with E-state index in [4.69, 9.17) is 16.3 Å². The van der Waals surface area contributed by atoms with Gasteiger partial charge in [0.15, 0.2) is 0 Å². The Morgan fingerprint density at radius 2 is 2.00 bits per heavy atom. The van der Waals surface area contributed by atoms with E-state index in [9.17, 15) is 20.0 Å². The summed E-state index contributed by atoms with van der Waals surface area (Å²) in [5.74, 6) is -0.939. The van der Waals surface area contributed by atoms with E-state index in [-0.39, 0.29) is 22.4 Å². The molecule has 7 heteroatoms. The fraction of sp³-hybridized carbons (Fsp3) is 0.0625. The number of hydrogen-bond acceptors (Lipinski definition) is 4. The van der Waals surface area contributed by atoms with Gasteiger partial charge in [-0.25, -0.2) is 4.79 Å². The molecule has 0 unspecified atom stereocenters. The van der Waals surface area contributed by atoms with Crippen molar-refractivity contribution in [3.63, 3.8) is 0 Å². The number of nitro benzene ring substituents is 1. The van der Waals surface area contributed by atoms with Crippen molar-refractivity contribution in [3.8, 4) is 5.75 Å². The Balaban J connectivity index is 2.68. The predicted octanol–water partition coefficient (Wildman–Crippen LogP) is 3.88. The van der Waals surface area contributed by atoms with E-state index in [1.54, 1.807) is 12.1 Å². The van der Waals surface area contributed by atoms with Crippen molar-refractivity contribution >= 4 is 34.9 Å². The van der Waals surface area contributed by atoms with Crippen LogP contribution in [0.2, 0.25) is 5.02 Å². The van der Waals surface area contributed by atoms with Gasteiger partial charge >= 0.3 is 5.97 Å². The number of halogens is 1. The molecule has 6 nitrogen and oxygen atoms in total. The molecule has 23 heavy (non-hydrogen) atoms. The van der Waals surface area contributed by atoms with Gasteiger partial charge in [-0.1, -0.05) is 23.7 Å². The van der Waals surface area contributed by atoms with Crippen molar-refractivity contribution in [1.29, 1.82) is 0 Å². The SMILES string of the molecule is COc1ccc(Cl)cc1/C(=C/c1ccccc1[N+](=O)[O-])C(=O)O. The van der Waals surface area contributed by atoms with Crippen molar-refractivity contribution in [2.24, 2.45) is 0 Å². The second-order valence-corrected chi connectivity index (χ2v) is 4.96. The van der Waals surface area contributed by atoms with Gasteiger partial charge in [0.05, 0.1) is 23.2 Å². The van der Waals surface area contributed by atoms with Crippen LogP contribution >= 0.6 is 11.6 Å². The summed E-state index contributed by atoms with van der Waals surface area (Å²) in [7, 11) is 1.40. The fourth-order valence-corrected chi connectivity index (χ4v) is 2.25. The van der Waals surface area contributed by atoms with E-state index in [1.807, 2.05) is 0 Å². The van der Waals surface area contributed by atoms with Gasteiger partial charge in [-0.2, -0.15) is 0 Å². The molecular weight excluding hydrogens is 322 g/mol. The summed E-state index contributed by atoms with van der Waals surface area (Å²) in [5.41, 5.74) is 0.0773. The van der Waals surface area contributed by atoms with Crippen molar-refractivity contribution in [2.45, 2.75) is 0 Å². The first kappa shape index (κ1) is 16.5. The second-order valence-electron chi connectivity index (χ2n) is 4.52. The number of methoxy groups -OCH3 is 1. The predicted molar refractivity (Wildman–Crippen MR) is 86.6 cm³/mol. The van der Waals surface area contributed by atoms with Gasteiger partial charge in [-0.05, 0) is 30.3 Å². The zero-order valence-corrected chi connectivity index (χ0v) is 12.8. The number of para-hydroxylation sites is 1. The van der Waals surface area contributed by atoms with E-state index in [0.29, 0.717) is 10.8 Å². The van der Waals surface area contributed by atoms with Crippen molar-refractivity contribution in [2.75, 3.05) is 7.11 Å². The normalized spacial score (nSPS) is 11.1. The molecule has 1 N–H and O–H groups in total. The maximum absolute atomic E-state index is 11.6. The molecule has 0 amide bonds. The van der Waals surface area contributed by atoms with Crippen LogP contribution in [0.3, 0.4) is 0 Å². The molecular formula is C16H12ClNO5. The van der Waals surface area contributed by atoms with E-state index < -0.39 is 10.9 Å². The molecule has 0 bridgehead atoms. The first-order chi connectivity index (χ1) is 10.9. The van der Waals surface area contributed by atoms with Crippen molar-refractivity contribution in [1.82, 2.24) is 0 Å². The summed E-state index contributed by atoms with van der Waals surface area (Å²) in [4.78, 5) is 22.1. The Hall–Kier alpha value is -2.86. The van der Waals surface area contributed by atoms with Crippen molar-refractivity contribution < 1.29 is 19.6 Å². The highest BCUT2D eigenvalue weighted by Crippen LogP contribution is 2.32. The minimum absolute atomic E-state index is 0.154. The molecule has 0 aromatic heterocycles. The summed E-state index contributed by atoms with van der Waals surface area (Å²) in [6, 6.07) is 10.4. The van der Waals surface area contributed by atoms with E-state index in [2.05, 4.69) is 0 Å². The number of hydrogen-bond donors (Lipinski definition) is 1. The molecule has 2 aromatic rings. The van der Waals surface area contributed by atoms with Gasteiger partial charge < -0.3 is 9.84 Å². The summed E-state index contributed by atoms with van der Waals surface area (Å²) < 4.78 is 5.15. The highest BCUT2D eigenvalue weighted by atomic mass is 35.5. The van der Waals surface area contributed by atoms with Gasteiger partial charge in [0.1, 0.15) is 5.75 Å². The number of nitrogens with zero attached hydrogens (tertiary/aromatic N) is 1. The summed E-state index contributed by atoms with van der Waals surface area (Å²) in [6.07, 6.45) is 1.23. The van der Waals surface area contributed by atoms with E-state index >= 15 is 0 Å². The summed E-state index contributed by atoms with van der Waals surface area (Å²) in [5, 5.41) is 20.9. The monoisotopic (exact) mass is 333 g/mol. The Morgan fingerprint density at radius 1 is 1.30 bits per heavy atom. The maximum atomic E-state index is 11.6. The van der Waals surface area contributed by atoms with Gasteiger partial charge in [-0.15, -0.1) is 0 Å². The lowest BCUT2D eigenvalue weighted by molar-refractivity contribution is -0.385. The zero-order chi connectivity index (χ0) is 17.0. The number of carboxylic acids is 1. The molecule has 0 aliphatic carbocycles. The minimum Gasteiger partial charge on any atom is -0.496 e. The molecule has 0 fully saturated rings. The molecule has 0 aliphatic rings. The number of rotatable bonds is 5. The highest BCUT2D eigenvalue weighted by Gasteiger charge is 2.19. The van der Waals surface area contributed by atoms with E-state index in [0.717, 1.165) is 0 Å². The molecule has 0 heterocycles. The van der Waals surface area contributed by atoms with Gasteiger partial charge in [0, 0.05) is 16.7 Å². The van der Waals surface area contributed by atoms with Crippen LogP contribution in [0, 0.1) is 10.1 Å². The lowest BCUT2D eigenvalue weighted by Gasteiger charge is -2.10. The zero-order valence-electron chi connectivity index (χ0n) is 12.0. The first-order valence-corrected chi connectivity index (χ1v) is 6.84. The fourth-order valence-electron chi connectivity index (χ4n) is 2.08. The van der Waals surface area contributed by atoms with Crippen LogP contribution in [0.5, 0.6) is 5.75 Å². The summed E-state index contributed by atoms with van der Waals surface area (Å²) in [6.45, 7) is 0. The number of ether oxygens (including phenoxy) is 1. The van der Waals surface area contributed by atoms with Crippen LogP contribution in [-0.4, -0.2) is 23.1 Å². The molecule has 0 saturated heterocycles. The highest BCUT2D eigenvalue weighted by molar-refractivity contribution is 6.31. The van der Waals surface area contributed by atoms with Crippen LogP contribution in [-0.2, 0) is 4.79 Å². The largest absolute Gasteiger partial charge is 0.496 e. The van der Waals surface area contributed by atoms with Gasteiger partial charge in [0.2, 0.25) is 0 Å². The molecule has 2 aromatic carbocycles. The van der Waals surface area contributed by atoms with E-state index in [1.165, 1.54) is 43.5 Å². The van der Waals surface area contributed by atoms with Crippen LogP contribution < -0.4 is 4.74 Å². The third-order valence-corrected chi connectivity index (χ3v) is 3.35. The lowest BCUT2D eigenvalue weighted by atomic mass is 10.0. The van der Waals surface area contributed by atoms with Crippen molar-refractivity contribution in [3.05, 3.63) is 68.7 Å². The Labute approximate surface area is 136 Å². The molecule has 118 valence electrons. The van der Waals surface area contributed by atoms with Crippen LogP contribution in [0.25, 0.3) is 11.6 Å². The molecule has 2 rings (SSSR count). The van der Waals surface area contributed by atoms with Crippen LogP contribution in [0.4, 0.5) is 5.69 Å². The first-order valence-electron chi connectivity index (χ1n) is 6.46. The molecule has 0 saturated carbocycles. The number of aliphatic carboxylic acids is 1. The Kier molecular flexibility index (Phi) is 4.98. The third-order valence-electron chi connectivity index (χ3n) is 3.12. The second kappa shape index (κ2) is 6.93. The van der Waals surface area contributed by atoms with Crippen LogP contribution in [0.15, 0.2) is 42.5 Å². The topological polar surface area (TPSA) is 89.7 Å². The third kappa shape index (κ3) is 3.67. The Morgan fingerprint density at radius 3 is 2.61 bits per heavy atom. The number of carboxylic acid groups (broad SMARTS) is 1. The molecule has 0 radical (unpaired) electrons. The molecule has 0 atom stereocenters. The maximum Gasteiger partial charge on any atom is 0.336 e. The van der Waals surface area contributed by atoms with Gasteiger partial charge in [0.25, 0.3) is 5.69 Å². The number of carbonyl (C=O) groups is 1. The summed E-state index contributed by atoms with van der Waals surface area (Å²) >= 11 is 5.92. The average Bonchev–Trinajstić information content (AvgIpc) is 2.52. The lowest BCUT2D eigenvalue weighted by Crippen LogP contribution is -2.02. The number of benzene rings is 2. The molecule has 0 spiro atoms. The van der Waals surface area contributed by atoms with Crippen LogP contribution in [0.1, 0.15) is 11.1 Å². The minimum atomic E-state index is -1.25. The average molecular weight is 334 g/mol. The number of nitro groups is 1. The molecule has 0 aliphatic heterocycles. The standard InChI is InChI=1S/C16H12ClNO5/c1-23-15-7-6-11(17)9-12(15)13(16(19)20)8-10-4-2-3-5-14(10)18(21)22/h2-9H,1H3,(H,19,20)/b13-8-. The quantitative estimate of drug-likeness (QED) is 0.388.